The highest BCUT2D eigenvalue weighted by Gasteiger charge is 2.18. The topological polar surface area (TPSA) is 90.7 Å². The van der Waals surface area contributed by atoms with E-state index in [-0.39, 0.29) is 18.0 Å². The van der Waals surface area contributed by atoms with Crippen molar-refractivity contribution in [3.8, 4) is 11.5 Å². The third-order valence-corrected chi connectivity index (χ3v) is 4.05. The van der Waals surface area contributed by atoms with Crippen LogP contribution >= 0.6 is 11.8 Å². The van der Waals surface area contributed by atoms with Gasteiger partial charge in [0.2, 0.25) is 6.79 Å². The number of nitrogens with zero attached hydrogens (tertiary/aromatic N) is 1. The van der Waals surface area contributed by atoms with Gasteiger partial charge in [0.15, 0.2) is 11.5 Å². The molecular formula is C15H12N2O5S. The zero-order chi connectivity index (χ0) is 16.4. The van der Waals surface area contributed by atoms with Crippen LogP contribution in [-0.4, -0.2) is 23.9 Å². The van der Waals surface area contributed by atoms with Gasteiger partial charge in [-0.15, -0.1) is 11.8 Å². The van der Waals surface area contributed by atoms with Crippen molar-refractivity contribution in [1.29, 1.82) is 0 Å². The number of rotatable bonds is 4. The summed E-state index contributed by atoms with van der Waals surface area (Å²) in [5.74, 6) is 0.731. The normalized spacial score (nSPS) is 12.0. The maximum absolute atomic E-state index is 12.3. The summed E-state index contributed by atoms with van der Waals surface area (Å²) in [6.07, 6.45) is 1.74. The molecule has 1 N–H and O–H groups in total. The molecule has 1 aliphatic rings. The Labute approximate surface area is 135 Å². The summed E-state index contributed by atoms with van der Waals surface area (Å²) in [5, 5.41) is 13.8. The van der Waals surface area contributed by atoms with E-state index in [9.17, 15) is 14.9 Å². The molecule has 0 saturated heterocycles. The van der Waals surface area contributed by atoms with Gasteiger partial charge in [0.1, 0.15) is 0 Å². The van der Waals surface area contributed by atoms with E-state index in [0.717, 1.165) is 0 Å². The van der Waals surface area contributed by atoms with Crippen LogP contribution in [0.4, 0.5) is 11.4 Å². The number of hydrogen-bond acceptors (Lipinski definition) is 6. The largest absolute Gasteiger partial charge is 0.454 e. The van der Waals surface area contributed by atoms with E-state index in [4.69, 9.17) is 9.47 Å². The van der Waals surface area contributed by atoms with Crippen molar-refractivity contribution in [2.24, 2.45) is 0 Å². The maximum atomic E-state index is 12.3. The third kappa shape index (κ3) is 3.07. The number of carbonyl (C=O) groups excluding carboxylic acids is 1. The summed E-state index contributed by atoms with van der Waals surface area (Å²) in [4.78, 5) is 23.4. The monoisotopic (exact) mass is 332 g/mol. The SMILES string of the molecule is CSc1ccc(C(=O)Nc2ccc3c(c2)OCO3)cc1[N+](=O)[O-]. The van der Waals surface area contributed by atoms with E-state index in [1.54, 1.807) is 36.6 Å². The first-order valence-electron chi connectivity index (χ1n) is 6.62. The fourth-order valence-corrected chi connectivity index (χ4v) is 2.70. The van der Waals surface area contributed by atoms with Crippen molar-refractivity contribution in [2.45, 2.75) is 4.90 Å². The molecule has 1 aliphatic heterocycles. The van der Waals surface area contributed by atoms with Crippen molar-refractivity contribution < 1.29 is 19.2 Å². The van der Waals surface area contributed by atoms with Crippen LogP contribution in [0.1, 0.15) is 10.4 Å². The van der Waals surface area contributed by atoms with Gasteiger partial charge >= 0.3 is 0 Å². The van der Waals surface area contributed by atoms with E-state index in [0.29, 0.717) is 22.1 Å². The van der Waals surface area contributed by atoms with Crippen molar-refractivity contribution in [3.63, 3.8) is 0 Å². The van der Waals surface area contributed by atoms with Gasteiger partial charge in [-0.3, -0.25) is 14.9 Å². The average molecular weight is 332 g/mol. The molecule has 7 nitrogen and oxygen atoms in total. The molecule has 1 heterocycles. The molecule has 0 atom stereocenters. The molecule has 0 aliphatic carbocycles. The Hall–Kier alpha value is -2.74. The lowest BCUT2D eigenvalue weighted by molar-refractivity contribution is -0.387. The third-order valence-electron chi connectivity index (χ3n) is 3.27. The molecule has 2 aromatic carbocycles. The number of ether oxygens (including phenoxy) is 2. The molecule has 3 rings (SSSR count). The first-order chi connectivity index (χ1) is 11.1. The number of nitro benzene ring substituents is 1. The van der Waals surface area contributed by atoms with Crippen molar-refractivity contribution in [3.05, 3.63) is 52.1 Å². The second-order valence-corrected chi connectivity index (χ2v) is 5.51. The summed E-state index contributed by atoms with van der Waals surface area (Å²) in [6.45, 7) is 0.148. The fraction of sp³-hybridized carbons (Fsp3) is 0.133. The van der Waals surface area contributed by atoms with Crippen LogP contribution in [0.5, 0.6) is 11.5 Å². The number of anilines is 1. The Bertz CT molecular complexity index is 793. The highest BCUT2D eigenvalue weighted by atomic mass is 32.2. The van der Waals surface area contributed by atoms with E-state index < -0.39 is 10.8 Å². The molecule has 0 fully saturated rings. The minimum Gasteiger partial charge on any atom is -0.454 e. The minimum absolute atomic E-state index is 0.0872. The predicted molar refractivity (Wildman–Crippen MR) is 85.4 cm³/mol. The summed E-state index contributed by atoms with van der Waals surface area (Å²) >= 11 is 1.26. The second kappa shape index (κ2) is 6.17. The lowest BCUT2D eigenvalue weighted by Crippen LogP contribution is -2.12. The van der Waals surface area contributed by atoms with Crippen LogP contribution in [0.2, 0.25) is 0 Å². The van der Waals surface area contributed by atoms with Gasteiger partial charge in [-0.25, -0.2) is 0 Å². The highest BCUT2D eigenvalue weighted by Crippen LogP contribution is 2.34. The van der Waals surface area contributed by atoms with Gasteiger partial charge in [0.25, 0.3) is 11.6 Å². The molecular weight excluding hydrogens is 320 g/mol. The molecule has 23 heavy (non-hydrogen) atoms. The van der Waals surface area contributed by atoms with E-state index in [1.807, 2.05) is 0 Å². The maximum Gasteiger partial charge on any atom is 0.283 e. The number of amides is 1. The zero-order valence-electron chi connectivity index (χ0n) is 12.1. The van der Waals surface area contributed by atoms with E-state index >= 15 is 0 Å². The Morgan fingerprint density at radius 1 is 1.22 bits per heavy atom. The van der Waals surface area contributed by atoms with Gasteiger partial charge in [-0.05, 0) is 30.5 Å². The quantitative estimate of drug-likeness (QED) is 0.525. The Kier molecular flexibility index (Phi) is 4.07. The Morgan fingerprint density at radius 2 is 2.00 bits per heavy atom. The number of fused-ring (bicyclic) bond motifs is 1. The molecule has 8 heteroatoms. The van der Waals surface area contributed by atoms with Crippen LogP contribution in [0.3, 0.4) is 0 Å². The van der Waals surface area contributed by atoms with Crippen molar-refractivity contribution in [2.75, 3.05) is 18.4 Å². The first kappa shape index (κ1) is 15.2. The number of thioether (sulfide) groups is 1. The number of nitrogens with one attached hydrogen (secondary N) is 1. The predicted octanol–water partition coefficient (Wildman–Crippen LogP) is 3.30. The summed E-state index contributed by atoms with van der Waals surface area (Å²) in [7, 11) is 0. The second-order valence-electron chi connectivity index (χ2n) is 4.67. The number of hydrogen-bond donors (Lipinski definition) is 1. The first-order valence-corrected chi connectivity index (χ1v) is 7.84. The van der Waals surface area contributed by atoms with Crippen molar-refractivity contribution in [1.82, 2.24) is 0 Å². The van der Waals surface area contributed by atoms with Gasteiger partial charge in [0, 0.05) is 23.4 Å². The molecule has 0 spiro atoms. The molecule has 2 aromatic rings. The number of benzene rings is 2. The standard InChI is InChI=1S/C15H12N2O5S/c1-23-14-5-2-9(6-11(14)17(19)20)15(18)16-10-3-4-12-13(7-10)22-8-21-12/h2-7H,8H2,1H3,(H,16,18). The molecule has 1 amide bonds. The van der Waals surface area contributed by atoms with Gasteiger partial charge in [-0.1, -0.05) is 0 Å². The molecule has 0 saturated carbocycles. The van der Waals surface area contributed by atoms with Crippen LogP contribution in [0.15, 0.2) is 41.3 Å². The van der Waals surface area contributed by atoms with Crippen molar-refractivity contribution >= 4 is 29.0 Å². The Morgan fingerprint density at radius 3 is 2.74 bits per heavy atom. The van der Waals surface area contributed by atoms with E-state index in [2.05, 4.69) is 5.32 Å². The van der Waals surface area contributed by atoms with Gasteiger partial charge in [0.05, 0.1) is 9.82 Å². The minimum atomic E-state index is -0.497. The molecule has 118 valence electrons. The summed E-state index contributed by atoms with van der Waals surface area (Å²) in [5.41, 5.74) is 0.652. The fourth-order valence-electron chi connectivity index (χ4n) is 2.15. The van der Waals surface area contributed by atoms with Gasteiger partial charge in [-0.2, -0.15) is 0 Å². The lowest BCUT2D eigenvalue weighted by atomic mass is 10.2. The van der Waals surface area contributed by atoms with Crippen LogP contribution < -0.4 is 14.8 Å². The molecule has 0 unspecified atom stereocenters. The van der Waals surface area contributed by atoms with Crippen LogP contribution in [0, 0.1) is 10.1 Å². The molecule has 0 bridgehead atoms. The highest BCUT2D eigenvalue weighted by molar-refractivity contribution is 7.98. The van der Waals surface area contributed by atoms with E-state index in [1.165, 1.54) is 17.8 Å². The smallest absolute Gasteiger partial charge is 0.283 e. The zero-order valence-corrected chi connectivity index (χ0v) is 12.9. The molecule has 0 aromatic heterocycles. The van der Waals surface area contributed by atoms with Crippen LogP contribution in [0.25, 0.3) is 0 Å². The number of nitro groups is 1. The number of carbonyl (C=O) groups is 1. The average Bonchev–Trinajstić information content (AvgIpc) is 3.01. The summed E-state index contributed by atoms with van der Waals surface area (Å²) in [6, 6.07) is 9.41. The van der Waals surface area contributed by atoms with Gasteiger partial charge < -0.3 is 14.8 Å². The molecule has 0 radical (unpaired) electrons. The lowest BCUT2D eigenvalue weighted by Gasteiger charge is -2.07. The van der Waals surface area contributed by atoms with Crippen LogP contribution in [-0.2, 0) is 0 Å². The Balaban J connectivity index is 1.83. The summed E-state index contributed by atoms with van der Waals surface area (Å²) < 4.78 is 10.4.